The highest BCUT2D eigenvalue weighted by Gasteiger charge is 2.41. The highest BCUT2D eigenvalue weighted by Crippen LogP contribution is 2.37. The highest BCUT2D eigenvalue weighted by molar-refractivity contribution is 8.01. The summed E-state index contributed by atoms with van der Waals surface area (Å²) in [5.74, 6) is 0.527. The van der Waals surface area contributed by atoms with E-state index < -0.39 is 11.9 Å². The number of hydrogen-bond donors (Lipinski definition) is 1. The number of fused-ring (bicyclic) bond motifs is 1. The summed E-state index contributed by atoms with van der Waals surface area (Å²) >= 11 is 1.56. The predicted octanol–water partition coefficient (Wildman–Crippen LogP) is 5.09. The Balaban J connectivity index is 1.22. The topological polar surface area (TPSA) is 85.7 Å². The first kappa shape index (κ1) is 29.5. The van der Waals surface area contributed by atoms with Crippen LogP contribution in [0.3, 0.4) is 0 Å². The number of amides is 1. The molecule has 3 fully saturated rings. The number of nitrogens with zero attached hydrogens (tertiary/aromatic N) is 3. The van der Waals surface area contributed by atoms with E-state index in [0.29, 0.717) is 19.5 Å². The maximum Gasteiger partial charge on any atom is 0.323 e. The number of carbonyl (C=O) groups excluding carboxylic acids is 2. The van der Waals surface area contributed by atoms with Gasteiger partial charge in [-0.1, -0.05) is 44.1 Å². The fourth-order valence-corrected chi connectivity index (χ4v) is 7.97. The number of hydrogen-bond acceptors (Lipinski definition) is 7. The first-order valence-electron chi connectivity index (χ1n) is 14.7. The number of nitrogens with one attached hydrogen (secondary N) is 1. The van der Waals surface area contributed by atoms with E-state index >= 15 is 0 Å². The van der Waals surface area contributed by atoms with E-state index in [0.717, 1.165) is 30.5 Å². The summed E-state index contributed by atoms with van der Waals surface area (Å²) in [6.45, 7) is 10.4. The Morgan fingerprint density at radius 2 is 2.13 bits per heavy atom. The summed E-state index contributed by atoms with van der Waals surface area (Å²) in [7, 11) is 0. The molecule has 0 aromatic heterocycles. The Hall–Kier alpha value is -2.50. The second kappa shape index (κ2) is 14.8. The molecule has 39 heavy (non-hydrogen) atoms. The van der Waals surface area contributed by atoms with Gasteiger partial charge in [0.1, 0.15) is 12.5 Å². The van der Waals surface area contributed by atoms with Crippen molar-refractivity contribution in [3.05, 3.63) is 42.5 Å². The zero-order valence-corrected chi connectivity index (χ0v) is 24.2. The predicted molar refractivity (Wildman–Crippen MR) is 157 cm³/mol. The van der Waals surface area contributed by atoms with Crippen molar-refractivity contribution < 1.29 is 14.3 Å². The molecular formula is C31H44N4O3S. The van der Waals surface area contributed by atoms with Crippen LogP contribution in [0.4, 0.5) is 5.69 Å². The van der Waals surface area contributed by atoms with E-state index in [1.165, 1.54) is 56.8 Å². The number of ether oxygens (including phenoxy) is 1. The fraction of sp³-hybridized carbons (Fsp3) is 0.645. The molecule has 0 bridgehead atoms. The highest BCUT2D eigenvalue weighted by atomic mass is 32.2. The third-order valence-corrected chi connectivity index (χ3v) is 10.1. The van der Waals surface area contributed by atoms with E-state index in [4.69, 9.17) is 4.74 Å². The van der Waals surface area contributed by atoms with Crippen molar-refractivity contribution >= 4 is 29.3 Å². The molecule has 0 spiro atoms. The van der Waals surface area contributed by atoms with Crippen LogP contribution in [0.25, 0.3) is 0 Å². The summed E-state index contributed by atoms with van der Waals surface area (Å²) in [4.78, 5) is 29.7. The van der Waals surface area contributed by atoms with Crippen molar-refractivity contribution in [3.8, 4) is 6.07 Å². The van der Waals surface area contributed by atoms with Crippen molar-refractivity contribution in [2.45, 2.75) is 68.9 Å². The van der Waals surface area contributed by atoms with Crippen molar-refractivity contribution in [1.29, 1.82) is 5.26 Å². The maximum absolute atomic E-state index is 13.0. The number of rotatable bonds is 13. The van der Waals surface area contributed by atoms with Crippen molar-refractivity contribution in [2.75, 3.05) is 44.6 Å². The van der Waals surface area contributed by atoms with E-state index in [1.54, 1.807) is 16.7 Å². The number of esters is 1. The van der Waals surface area contributed by atoms with Crippen LogP contribution in [0.5, 0.6) is 0 Å². The summed E-state index contributed by atoms with van der Waals surface area (Å²) in [5.41, 5.74) is 2.44. The summed E-state index contributed by atoms with van der Waals surface area (Å²) in [6, 6.07) is 10.7. The Labute approximate surface area is 238 Å². The van der Waals surface area contributed by atoms with Gasteiger partial charge in [-0.2, -0.15) is 5.26 Å². The van der Waals surface area contributed by atoms with Crippen LogP contribution >= 0.6 is 11.8 Å². The van der Waals surface area contributed by atoms with Gasteiger partial charge in [0.2, 0.25) is 5.91 Å². The molecule has 3 unspecified atom stereocenters. The van der Waals surface area contributed by atoms with Gasteiger partial charge in [0.15, 0.2) is 0 Å². The molecule has 1 N–H and O–H groups in total. The van der Waals surface area contributed by atoms with Crippen molar-refractivity contribution in [1.82, 2.24) is 9.80 Å². The SMILES string of the molecule is C=CCOC(=O)C(C#N)CC1SC(CCNc2cccc(CCN3CC[C@H]4CCCC[C@@H]4C3)c2)C(=O)N1CC. The first-order valence-corrected chi connectivity index (χ1v) is 15.6. The molecule has 212 valence electrons. The number of anilines is 1. The number of carbonyl (C=O) groups is 2. The lowest BCUT2D eigenvalue weighted by atomic mass is 9.75. The van der Waals surface area contributed by atoms with Crippen LogP contribution < -0.4 is 5.32 Å². The number of nitriles is 1. The van der Waals surface area contributed by atoms with Gasteiger partial charge in [-0.3, -0.25) is 9.59 Å². The van der Waals surface area contributed by atoms with E-state index in [-0.39, 0.29) is 29.6 Å². The molecule has 2 saturated heterocycles. The standard InChI is InChI=1S/C31H44N4O3S/c1-3-18-38-31(37)26(21-32)20-29-35(4-2)30(36)28(39-29)12-15-33-27-11-7-8-23(19-27)13-16-34-17-14-24-9-5-6-10-25(24)22-34/h3,7-8,11,19,24-26,28-29,33H,1,4-6,9-10,12-18,20,22H2,2H3/t24-,25-,26?,28?,29?/m1/s1. The van der Waals surface area contributed by atoms with Crippen LogP contribution in [0, 0.1) is 29.1 Å². The molecule has 3 aliphatic rings. The van der Waals surface area contributed by atoms with Crippen LogP contribution in [0.15, 0.2) is 36.9 Å². The molecule has 2 aliphatic heterocycles. The molecule has 1 aliphatic carbocycles. The smallest absolute Gasteiger partial charge is 0.323 e. The zero-order chi connectivity index (χ0) is 27.6. The Morgan fingerprint density at radius 1 is 1.31 bits per heavy atom. The molecular weight excluding hydrogens is 508 g/mol. The number of likely N-dealkylation sites (tertiary alicyclic amines) is 1. The average molecular weight is 553 g/mol. The second-order valence-electron chi connectivity index (χ2n) is 11.1. The minimum Gasteiger partial charge on any atom is -0.460 e. The monoisotopic (exact) mass is 552 g/mol. The van der Waals surface area contributed by atoms with Gasteiger partial charge in [-0.05, 0) is 68.7 Å². The largest absolute Gasteiger partial charge is 0.460 e. The van der Waals surface area contributed by atoms with Crippen molar-refractivity contribution in [3.63, 3.8) is 0 Å². The third-order valence-electron chi connectivity index (χ3n) is 8.54. The van der Waals surface area contributed by atoms with Gasteiger partial charge in [-0.25, -0.2) is 0 Å². The molecule has 8 heteroatoms. The van der Waals surface area contributed by atoms with Gasteiger partial charge in [0.05, 0.1) is 16.7 Å². The van der Waals surface area contributed by atoms with Crippen LogP contribution in [0.2, 0.25) is 0 Å². The van der Waals surface area contributed by atoms with Crippen LogP contribution in [0.1, 0.15) is 57.4 Å². The minimum absolute atomic E-state index is 0.0832. The van der Waals surface area contributed by atoms with Gasteiger partial charge in [0.25, 0.3) is 0 Å². The molecule has 5 atom stereocenters. The molecule has 2 heterocycles. The van der Waals surface area contributed by atoms with E-state index in [9.17, 15) is 14.9 Å². The molecule has 1 saturated carbocycles. The van der Waals surface area contributed by atoms with Crippen molar-refractivity contribution in [2.24, 2.45) is 17.8 Å². The van der Waals surface area contributed by atoms with Gasteiger partial charge in [-0.15, -0.1) is 11.8 Å². The molecule has 1 aromatic rings. The van der Waals surface area contributed by atoms with E-state index in [2.05, 4.69) is 41.1 Å². The lowest BCUT2D eigenvalue weighted by Gasteiger charge is -2.41. The molecule has 1 aromatic carbocycles. The minimum atomic E-state index is -0.891. The lowest BCUT2D eigenvalue weighted by Crippen LogP contribution is -2.42. The average Bonchev–Trinajstić information content (AvgIpc) is 3.27. The summed E-state index contributed by atoms with van der Waals surface area (Å²) in [6.07, 6.45) is 10.6. The summed E-state index contributed by atoms with van der Waals surface area (Å²) < 4.78 is 5.07. The summed E-state index contributed by atoms with van der Waals surface area (Å²) in [5, 5.41) is 12.6. The number of thioether (sulfide) groups is 1. The van der Waals surface area contributed by atoms with Gasteiger partial charge < -0.3 is 19.9 Å². The molecule has 7 nitrogen and oxygen atoms in total. The quantitative estimate of drug-likeness (QED) is 0.269. The third kappa shape index (κ3) is 8.02. The van der Waals surface area contributed by atoms with Gasteiger partial charge >= 0.3 is 5.97 Å². The number of benzene rings is 1. The van der Waals surface area contributed by atoms with E-state index in [1.807, 2.05) is 13.0 Å². The first-order chi connectivity index (χ1) is 19.0. The normalized spacial score (nSPS) is 25.9. The molecule has 4 rings (SSSR count). The zero-order valence-electron chi connectivity index (χ0n) is 23.4. The Bertz CT molecular complexity index is 1030. The maximum atomic E-state index is 13.0. The van der Waals surface area contributed by atoms with Gasteiger partial charge in [0, 0.05) is 38.3 Å². The second-order valence-corrected chi connectivity index (χ2v) is 12.5. The molecule has 0 radical (unpaired) electrons. The Morgan fingerprint density at radius 3 is 2.90 bits per heavy atom. The van der Waals surface area contributed by atoms with Crippen LogP contribution in [-0.2, 0) is 20.7 Å². The molecule has 1 amide bonds. The Kier molecular flexibility index (Phi) is 11.2. The van der Waals surface area contributed by atoms with Crippen LogP contribution in [-0.4, -0.2) is 71.6 Å². The lowest BCUT2D eigenvalue weighted by molar-refractivity contribution is -0.146. The number of piperidine rings is 1. The fourth-order valence-electron chi connectivity index (χ4n) is 6.38.